The Morgan fingerprint density at radius 2 is 0.946 bits per heavy atom. The van der Waals surface area contributed by atoms with Crippen molar-refractivity contribution in [2.24, 2.45) is 5.92 Å². The molecule has 2 aromatic heterocycles. The summed E-state index contributed by atoms with van der Waals surface area (Å²) in [5.74, 6) is 0.558. The molecule has 2 heteroatoms. The van der Waals surface area contributed by atoms with Crippen LogP contribution in [0.2, 0.25) is 0 Å². The summed E-state index contributed by atoms with van der Waals surface area (Å²) in [6, 6.07) is 42.6. The number of aromatic nitrogens is 2. The van der Waals surface area contributed by atoms with E-state index in [1.807, 2.05) is 0 Å². The van der Waals surface area contributed by atoms with Crippen LogP contribution in [0.1, 0.15) is 26.8 Å². The summed E-state index contributed by atoms with van der Waals surface area (Å²) in [5, 5.41) is 5.22. The summed E-state index contributed by atoms with van der Waals surface area (Å²) in [6.07, 6.45) is 0. The molecule has 0 saturated carbocycles. The van der Waals surface area contributed by atoms with Crippen LogP contribution in [0.15, 0.2) is 115 Å². The summed E-state index contributed by atoms with van der Waals surface area (Å²) in [7, 11) is 0. The molecule has 0 aliphatic rings. The standard InChI is InChI=1S/C35H30N2/c1-23(2)24(3)36-32-15-9-7-13-28(32)30-21-25(17-19-34(30)36)26-18-20-35-31(22-26)29-14-8-10-16-33(29)37(35)27-11-5-4-6-12-27/h4-24H,1-3H3. The predicted octanol–water partition coefficient (Wildman–Crippen LogP) is 9.78. The normalized spacial score (nSPS) is 12.9. The molecule has 1 atom stereocenters. The molecule has 5 aromatic carbocycles. The molecular formula is C35H30N2. The second kappa shape index (κ2) is 8.38. The van der Waals surface area contributed by atoms with Crippen molar-refractivity contribution in [1.29, 1.82) is 0 Å². The lowest BCUT2D eigenvalue weighted by Gasteiger charge is -2.20. The molecule has 0 amide bonds. The Balaban J connectivity index is 1.46. The molecule has 0 aliphatic carbocycles. The highest BCUT2D eigenvalue weighted by Gasteiger charge is 2.18. The van der Waals surface area contributed by atoms with Gasteiger partial charge in [-0.2, -0.15) is 0 Å². The molecule has 0 bridgehead atoms. The monoisotopic (exact) mass is 478 g/mol. The maximum Gasteiger partial charge on any atom is 0.0541 e. The summed E-state index contributed by atoms with van der Waals surface area (Å²) < 4.78 is 4.90. The third kappa shape index (κ3) is 3.33. The zero-order valence-corrected chi connectivity index (χ0v) is 21.5. The highest BCUT2D eigenvalue weighted by Crippen LogP contribution is 2.38. The lowest BCUT2D eigenvalue weighted by Crippen LogP contribution is -2.10. The third-order valence-corrected chi connectivity index (χ3v) is 8.10. The molecule has 0 radical (unpaired) electrons. The van der Waals surface area contributed by atoms with Gasteiger partial charge in [0.2, 0.25) is 0 Å². The van der Waals surface area contributed by atoms with Gasteiger partial charge in [0, 0.05) is 44.3 Å². The predicted molar refractivity (Wildman–Crippen MR) is 159 cm³/mol. The van der Waals surface area contributed by atoms with Crippen molar-refractivity contribution >= 4 is 43.6 Å². The average molecular weight is 479 g/mol. The zero-order valence-electron chi connectivity index (χ0n) is 21.5. The Morgan fingerprint density at radius 1 is 0.459 bits per heavy atom. The van der Waals surface area contributed by atoms with Crippen LogP contribution >= 0.6 is 0 Å². The van der Waals surface area contributed by atoms with Crippen LogP contribution in [0.3, 0.4) is 0 Å². The molecule has 180 valence electrons. The number of para-hydroxylation sites is 3. The van der Waals surface area contributed by atoms with E-state index >= 15 is 0 Å². The van der Waals surface area contributed by atoms with Crippen LogP contribution in [-0.2, 0) is 0 Å². The van der Waals surface area contributed by atoms with Gasteiger partial charge in [0.15, 0.2) is 0 Å². The Labute approximate surface area is 217 Å². The van der Waals surface area contributed by atoms with E-state index < -0.39 is 0 Å². The van der Waals surface area contributed by atoms with Crippen molar-refractivity contribution in [3.8, 4) is 16.8 Å². The van der Waals surface area contributed by atoms with Gasteiger partial charge in [0.05, 0.1) is 11.0 Å². The molecule has 0 fully saturated rings. The molecule has 0 aliphatic heterocycles. The van der Waals surface area contributed by atoms with Crippen LogP contribution in [0.4, 0.5) is 0 Å². The van der Waals surface area contributed by atoms with E-state index in [0.29, 0.717) is 12.0 Å². The summed E-state index contributed by atoms with van der Waals surface area (Å²) in [5.41, 5.74) is 8.80. The lowest BCUT2D eigenvalue weighted by atomic mass is 10.0. The largest absolute Gasteiger partial charge is 0.337 e. The van der Waals surface area contributed by atoms with Crippen LogP contribution < -0.4 is 0 Å². The zero-order chi connectivity index (χ0) is 25.1. The maximum absolute atomic E-state index is 2.52. The van der Waals surface area contributed by atoms with E-state index in [1.165, 1.54) is 60.4 Å². The maximum atomic E-state index is 2.52. The van der Waals surface area contributed by atoms with Crippen LogP contribution in [0.25, 0.3) is 60.4 Å². The summed E-state index contributed by atoms with van der Waals surface area (Å²) in [4.78, 5) is 0. The third-order valence-electron chi connectivity index (χ3n) is 8.10. The van der Waals surface area contributed by atoms with Crippen LogP contribution in [0, 0.1) is 5.92 Å². The van der Waals surface area contributed by atoms with Crippen molar-refractivity contribution in [3.05, 3.63) is 115 Å². The second-order valence-corrected chi connectivity index (χ2v) is 10.5. The van der Waals surface area contributed by atoms with E-state index in [2.05, 4.69) is 145 Å². The minimum Gasteiger partial charge on any atom is -0.337 e. The second-order valence-electron chi connectivity index (χ2n) is 10.5. The van der Waals surface area contributed by atoms with Gasteiger partial charge >= 0.3 is 0 Å². The molecule has 7 aromatic rings. The van der Waals surface area contributed by atoms with Gasteiger partial charge in [-0.3, -0.25) is 0 Å². The molecule has 0 spiro atoms. The minimum absolute atomic E-state index is 0.425. The van der Waals surface area contributed by atoms with Crippen molar-refractivity contribution in [2.75, 3.05) is 0 Å². The lowest BCUT2D eigenvalue weighted by molar-refractivity contribution is 0.427. The van der Waals surface area contributed by atoms with Gasteiger partial charge in [-0.25, -0.2) is 0 Å². The summed E-state index contributed by atoms with van der Waals surface area (Å²) >= 11 is 0. The first kappa shape index (κ1) is 21.9. The van der Waals surface area contributed by atoms with Crippen LogP contribution in [0.5, 0.6) is 0 Å². The highest BCUT2D eigenvalue weighted by molar-refractivity contribution is 6.12. The molecule has 7 rings (SSSR count). The summed E-state index contributed by atoms with van der Waals surface area (Å²) in [6.45, 7) is 6.95. The number of hydrogen-bond donors (Lipinski definition) is 0. The smallest absolute Gasteiger partial charge is 0.0541 e. The SMILES string of the molecule is CC(C)C(C)n1c2ccccc2c2cc(-c3ccc4c(c3)c3ccccc3n4-c3ccccc3)ccc21. The van der Waals surface area contributed by atoms with Gasteiger partial charge < -0.3 is 9.13 Å². The number of rotatable bonds is 4. The fraction of sp³-hybridized carbons (Fsp3) is 0.143. The first-order valence-corrected chi connectivity index (χ1v) is 13.2. The Morgan fingerprint density at radius 3 is 1.62 bits per heavy atom. The van der Waals surface area contributed by atoms with E-state index in [4.69, 9.17) is 0 Å². The van der Waals surface area contributed by atoms with Crippen molar-refractivity contribution in [1.82, 2.24) is 9.13 Å². The van der Waals surface area contributed by atoms with Gasteiger partial charge in [0.1, 0.15) is 0 Å². The molecule has 2 nitrogen and oxygen atoms in total. The van der Waals surface area contributed by atoms with Gasteiger partial charge in [-0.15, -0.1) is 0 Å². The quantitative estimate of drug-likeness (QED) is 0.238. The van der Waals surface area contributed by atoms with Crippen LogP contribution in [-0.4, -0.2) is 9.13 Å². The van der Waals surface area contributed by atoms with E-state index in [-0.39, 0.29) is 0 Å². The Hall–Kier alpha value is -4.30. The number of fused-ring (bicyclic) bond motifs is 6. The van der Waals surface area contributed by atoms with Gasteiger partial charge in [0.25, 0.3) is 0 Å². The highest BCUT2D eigenvalue weighted by atomic mass is 15.0. The molecule has 37 heavy (non-hydrogen) atoms. The van der Waals surface area contributed by atoms with Crippen molar-refractivity contribution in [3.63, 3.8) is 0 Å². The van der Waals surface area contributed by atoms with Crippen molar-refractivity contribution < 1.29 is 0 Å². The molecule has 0 N–H and O–H groups in total. The van der Waals surface area contributed by atoms with Gasteiger partial charge in [-0.05, 0) is 72.5 Å². The van der Waals surface area contributed by atoms with Gasteiger partial charge in [-0.1, -0.05) is 80.6 Å². The van der Waals surface area contributed by atoms with E-state index in [1.54, 1.807) is 0 Å². The molecule has 0 saturated heterocycles. The number of nitrogens with zero attached hydrogens (tertiary/aromatic N) is 2. The fourth-order valence-electron chi connectivity index (χ4n) is 5.93. The number of hydrogen-bond acceptors (Lipinski definition) is 0. The average Bonchev–Trinajstić information content (AvgIpc) is 3.45. The molecular weight excluding hydrogens is 448 g/mol. The first-order valence-electron chi connectivity index (χ1n) is 13.2. The Kier molecular flexibility index (Phi) is 4.97. The fourth-order valence-corrected chi connectivity index (χ4v) is 5.93. The minimum atomic E-state index is 0.425. The Bertz CT molecular complexity index is 1920. The topological polar surface area (TPSA) is 9.86 Å². The van der Waals surface area contributed by atoms with E-state index in [0.717, 1.165) is 0 Å². The van der Waals surface area contributed by atoms with Crippen molar-refractivity contribution in [2.45, 2.75) is 26.8 Å². The number of benzene rings is 5. The molecule has 2 heterocycles. The first-order chi connectivity index (χ1) is 18.1. The molecule has 1 unspecified atom stereocenters. The van der Waals surface area contributed by atoms with E-state index in [9.17, 15) is 0 Å².